The minimum Gasteiger partial charge on any atom is -0.493 e. The standard InChI is InChI=1S/C25H24N4O4/c1-32-22-12-9-18(13-23(22)33-2)25(31)26-14-24(30)28-19-10-7-17(8-11-19)15-29-16-27-20-5-3-4-6-21(20)29/h3-13,16H,14-15H2,1-2H3,(H,26,31)(H,28,30). The Kier molecular flexibility index (Phi) is 6.54. The predicted octanol–water partition coefficient (Wildman–Crippen LogP) is 3.47. The molecule has 4 rings (SSSR count). The normalized spacial score (nSPS) is 10.6. The lowest BCUT2D eigenvalue weighted by molar-refractivity contribution is -0.115. The summed E-state index contributed by atoms with van der Waals surface area (Å²) < 4.78 is 12.4. The highest BCUT2D eigenvalue weighted by Crippen LogP contribution is 2.27. The lowest BCUT2D eigenvalue weighted by Crippen LogP contribution is -2.32. The number of carbonyl (C=O) groups excluding carboxylic acids is 2. The van der Waals surface area contributed by atoms with E-state index in [1.54, 1.807) is 18.2 Å². The molecule has 8 heteroatoms. The van der Waals surface area contributed by atoms with Crippen molar-refractivity contribution in [3.63, 3.8) is 0 Å². The van der Waals surface area contributed by atoms with Gasteiger partial charge in [0.25, 0.3) is 5.91 Å². The molecule has 33 heavy (non-hydrogen) atoms. The van der Waals surface area contributed by atoms with Gasteiger partial charge in [-0.1, -0.05) is 24.3 Å². The highest BCUT2D eigenvalue weighted by molar-refractivity contribution is 5.99. The number of anilines is 1. The van der Waals surface area contributed by atoms with Crippen molar-refractivity contribution in [1.82, 2.24) is 14.9 Å². The summed E-state index contributed by atoms with van der Waals surface area (Å²) in [6.07, 6.45) is 1.82. The summed E-state index contributed by atoms with van der Waals surface area (Å²) in [4.78, 5) is 29.0. The molecular formula is C25H24N4O4. The number of amides is 2. The van der Waals surface area contributed by atoms with Gasteiger partial charge < -0.3 is 24.7 Å². The van der Waals surface area contributed by atoms with Gasteiger partial charge in [0, 0.05) is 17.8 Å². The van der Waals surface area contributed by atoms with Gasteiger partial charge >= 0.3 is 0 Å². The number of hydrogen-bond acceptors (Lipinski definition) is 5. The van der Waals surface area contributed by atoms with Crippen LogP contribution in [0.4, 0.5) is 5.69 Å². The molecule has 0 saturated carbocycles. The third-order valence-corrected chi connectivity index (χ3v) is 5.17. The first-order valence-corrected chi connectivity index (χ1v) is 10.4. The van der Waals surface area contributed by atoms with Gasteiger partial charge in [-0.2, -0.15) is 0 Å². The molecule has 8 nitrogen and oxygen atoms in total. The zero-order valence-corrected chi connectivity index (χ0v) is 18.4. The van der Waals surface area contributed by atoms with Crippen LogP contribution >= 0.6 is 0 Å². The third kappa shape index (κ3) is 5.12. The van der Waals surface area contributed by atoms with E-state index in [1.807, 2.05) is 54.9 Å². The number of benzene rings is 3. The monoisotopic (exact) mass is 444 g/mol. The molecule has 168 valence electrons. The molecule has 0 aliphatic heterocycles. The Morgan fingerprint density at radius 3 is 2.45 bits per heavy atom. The molecule has 0 spiro atoms. The molecule has 1 heterocycles. The molecule has 1 aromatic heterocycles. The fourth-order valence-electron chi connectivity index (χ4n) is 3.47. The summed E-state index contributed by atoms with van der Waals surface area (Å²) in [5.74, 6) is 0.265. The van der Waals surface area contributed by atoms with E-state index < -0.39 is 0 Å². The molecule has 2 N–H and O–H groups in total. The van der Waals surface area contributed by atoms with E-state index in [9.17, 15) is 9.59 Å². The summed E-state index contributed by atoms with van der Waals surface area (Å²) in [5.41, 5.74) is 4.13. The van der Waals surface area contributed by atoms with E-state index in [1.165, 1.54) is 14.2 Å². The van der Waals surface area contributed by atoms with Crippen molar-refractivity contribution in [3.8, 4) is 11.5 Å². The number of rotatable bonds is 8. The van der Waals surface area contributed by atoms with E-state index in [-0.39, 0.29) is 18.4 Å². The second-order valence-electron chi connectivity index (χ2n) is 7.36. The first-order chi connectivity index (χ1) is 16.1. The number of nitrogens with zero attached hydrogens (tertiary/aromatic N) is 2. The van der Waals surface area contributed by atoms with Crippen molar-refractivity contribution in [3.05, 3.63) is 84.2 Å². The molecule has 2 amide bonds. The minimum atomic E-state index is -0.381. The zero-order chi connectivity index (χ0) is 23.2. The van der Waals surface area contributed by atoms with Crippen molar-refractivity contribution in [2.24, 2.45) is 0 Å². The average Bonchev–Trinajstić information content (AvgIpc) is 3.26. The minimum absolute atomic E-state index is 0.157. The van der Waals surface area contributed by atoms with Crippen LogP contribution in [0.5, 0.6) is 11.5 Å². The van der Waals surface area contributed by atoms with Gasteiger partial charge in [0.05, 0.1) is 38.1 Å². The second kappa shape index (κ2) is 9.86. The molecule has 0 saturated heterocycles. The molecule has 0 aliphatic carbocycles. The number of nitrogens with one attached hydrogen (secondary N) is 2. The lowest BCUT2D eigenvalue weighted by atomic mass is 10.2. The van der Waals surface area contributed by atoms with Crippen LogP contribution in [-0.4, -0.2) is 42.1 Å². The fraction of sp³-hybridized carbons (Fsp3) is 0.160. The van der Waals surface area contributed by atoms with Crippen LogP contribution in [-0.2, 0) is 11.3 Å². The first kappa shape index (κ1) is 21.9. The molecule has 0 atom stereocenters. The van der Waals surface area contributed by atoms with E-state index in [4.69, 9.17) is 9.47 Å². The number of fused-ring (bicyclic) bond motifs is 1. The number of hydrogen-bond donors (Lipinski definition) is 2. The van der Waals surface area contributed by atoms with Crippen LogP contribution in [0.15, 0.2) is 73.1 Å². The fourth-order valence-corrected chi connectivity index (χ4v) is 3.47. The number of carbonyl (C=O) groups is 2. The molecular weight excluding hydrogens is 420 g/mol. The van der Waals surface area contributed by atoms with Crippen LogP contribution in [0.25, 0.3) is 11.0 Å². The van der Waals surface area contributed by atoms with Crippen LogP contribution < -0.4 is 20.1 Å². The Balaban J connectivity index is 1.31. The topological polar surface area (TPSA) is 94.5 Å². The van der Waals surface area contributed by atoms with Crippen molar-refractivity contribution < 1.29 is 19.1 Å². The van der Waals surface area contributed by atoms with Gasteiger partial charge in [0.1, 0.15) is 0 Å². The number of imidazole rings is 1. The van der Waals surface area contributed by atoms with Gasteiger partial charge in [0.15, 0.2) is 11.5 Å². The number of para-hydroxylation sites is 2. The largest absolute Gasteiger partial charge is 0.493 e. The van der Waals surface area contributed by atoms with Crippen LogP contribution in [0.1, 0.15) is 15.9 Å². The van der Waals surface area contributed by atoms with E-state index >= 15 is 0 Å². The smallest absolute Gasteiger partial charge is 0.251 e. The summed E-state index contributed by atoms with van der Waals surface area (Å²) in [5, 5.41) is 5.40. The summed E-state index contributed by atoms with van der Waals surface area (Å²) in [7, 11) is 3.02. The molecule has 0 fully saturated rings. The molecule has 0 radical (unpaired) electrons. The maximum Gasteiger partial charge on any atom is 0.251 e. The van der Waals surface area contributed by atoms with Crippen molar-refractivity contribution in [2.75, 3.05) is 26.1 Å². The lowest BCUT2D eigenvalue weighted by Gasteiger charge is -2.11. The Labute approximate surface area is 191 Å². The highest BCUT2D eigenvalue weighted by Gasteiger charge is 2.12. The molecule has 3 aromatic carbocycles. The average molecular weight is 444 g/mol. The van der Waals surface area contributed by atoms with Crippen molar-refractivity contribution >= 4 is 28.5 Å². The van der Waals surface area contributed by atoms with Gasteiger partial charge in [-0.3, -0.25) is 9.59 Å². The van der Waals surface area contributed by atoms with E-state index in [0.29, 0.717) is 29.3 Å². The van der Waals surface area contributed by atoms with Crippen LogP contribution in [0.2, 0.25) is 0 Å². The van der Waals surface area contributed by atoms with Gasteiger partial charge in [0.2, 0.25) is 5.91 Å². The maximum atomic E-state index is 12.4. The molecule has 4 aromatic rings. The Bertz CT molecular complexity index is 1280. The molecule has 0 unspecified atom stereocenters. The summed E-state index contributed by atoms with van der Waals surface area (Å²) in [6, 6.07) is 20.4. The maximum absolute atomic E-state index is 12.4. The SMILES string of the molecule is COc1ccc(C(=O)NCC(=O)Nc2ccc(Cn3cnc4ccccc43)cc2)cc1OC. The van der Waals surface area contributed by atoms with Crippen LogP contribution in [0.3, 0.4) is 0 Å². The zero-order valence-electron chi connectivity index (χ0n) is 18.4. The molecule has 0 bridgehead atoms. The Hall–Kier alpha value is -4.33. The van der Waals surface area contributed by atoms with Crippen molar-refractivity contribution in [2.45, 2.75) is 6.54 Å². The van der Waals surface area contributed by atoms with E-state index in [2.05, 4.69) is 20.2 Å². The summed E-state index contributed by atoms with van der Waals surface area (Å²) >= 11 is 0. The van der Waals surface area contributed by atoms with Crippen LogP contribution in [0, 0.1) is 0 Å². The Morgan fingerprint density at radius 2 is 1.70 bits per heavy atom. The number of methoxy groups -OCH3 is 2. The predicted molar refractivity (Wildman–Crippen MR) is 126 cm³/mol. The third-order valence-electron chi connectivity index (χ3n) is 5.17. The number of aromatic nitrogens is 2. The highest BCUT2D eigenvalue weighted by atomic mass is 16.5. The van der Waals surface area contributed by atoms with E-state index in [0.717, 1.165) is 16.6 Å². The number of ether oxygens (including phenoxy) is 2. The van der Waals surface area contributed by atoms with Gasteiger partial charge in [-0.25, -0.2) is 4.98 Å². The van der Waals surface area contributed by atoms with Crippen molar-refractivity contribution in [1.29, 1.82) is 0 Å². The first-order valence-electron chi connectivity index (χ1n) is 10.4. The summed E-state index contributed by atoms with van der Waals surface area (Å²) in [6.45, 7) is 0.520. The Morgan fingerprint density at radius 1 is 0.939 bits per heavy atom. The quantitative estimate of drug-likeness (QED) is 0.434. The second-order valence-corrected chi connectivity index (χ2v) is 7.36. The van der Waals surface area contributed by atoms with Gasteiger partial charge in [-0.05, 0) is 48.0 Å². The van der Waals surface area contributed by atoms with Gasteiger partial charge in [-0.15, -0.1) is 0 Å². The molecule has 0 aliphatic rings.